The lowest BCUT2D eigenvalue weighted by atomic mass is 9.81. The molecular weight excluding hydrogens is 480 g/mol. The Morgan fingerprint density at radius 1 is 0.667 bits per heavy atom. The summed E-state index contributed by atoms with van der Waals surface area (Å²) in [6.45, 7) is 1.46. The van der Waals surface area contributed by atoms with Gasteiger partial charge in [0.1, 0.15) is 18.3 Å². The van der Waals surface area contributed by atoms with Crippen LogP contribution in [0.25, 0.3) is 0 Å². The van der Waals surface area contributed by atoms with Crippen LogP contribution in [-0.2, 0) is 52.8 Å². The molecule has 3 aromatic rings. The molecule has 0 spiro atoms. The van der Waals surface area contributed by atoms with Crippen molar-refractivity contribution in [2.45, 2.75) is 50.7 Å². The molecular formula is C28H30O7S. The molecule has 1 saturated heterocycles. The van der Waals surface area contributed by atoms with Crippen LogP contribution in [-0.4, -0.2) is 39.4 Å². The summed E-state index contributed by atoms with van der Waals surface area (Å²) in [5.74, 6) is -0.156. The van der Waals surface area contributed by atoms with Gasteiger partial charge in [-0.05, 0) is 23.1 Å². The van der Waals surface area contributed by atoms with E-state index < -0.39 is 34.8 Å². The molecule has 190 valence electrons. The van der Waals surface area contributed by atoms with Crippen molar-refractivity contribution < 1.29 is 31.0 Å². The molecule has 5 atom stereocenters. The molecule has 7 nitrogen and oxygen atoms in total. The molecule has 0 unspecified atom stereocenters. The van der Waals surface area contributed by atoms with Crippen molar-refractivity contribution in [3.63, 3.8) is 0 Å². The van der Waals surface area contributed by atoms with Crippen LogP contribution in [0.3, 0.4) is 0 Å². The van der Waals surface area contributed by atoms with E-state index in [0.29, 0.717) is 32.8 Å². The van der Waals surface area contributed by atoms with Gasteiger partial charge in [0.15, 0.2) is 0 Å². The Morgan fingerprint density at radius 3 is 1.72 bits per heavy atom. The van der Waals surface area contributed by atoms with E-state index in [1.807, 2.05) is 91.0 Å². The minimum absolute atomic E-state index is 0.156. The highest BCUT2D eigenvalue weighted by Crippen LogP contribution is 2.39. The van der Waals surface area contributed by atoms with Gasteiger partial charge in [-0.3, -0.25) is 0 Å². The number of hydrogen-bond acceptors (Lipinski definition) is 7. The summed E-state index contributed by atoms with van der Waals surface area (Å²) in [6, 6.07) is 29.5. The molecule has 1 aliphatic carbocycles. The molecule has 1 heterocycles. The summed E-state index contributed by atoms with van der Waals surface area (Å²) in [7, 11) is -4.10. The predicted molar refractivity (Wildman–Crippen MR) is 133 cm³/mol. The number of ether oxygens (including phenoxy) is 3. The summed E-state index contributed by atoms with van der Waals surface area (Å²) in [6.07, 6.45) is -2.13. The SMILES string of the molecule is O=S1(=O)O[C@H]2[C@@H](OCc3ccccc3)[C@H](OCc3ccccc3)[C@@H](COCc3ccccc3)C[C@H]2O1. The smallest absolute Gasteiger partial charge is 0.376 e. The molecule has 0 radical (unpaired) electrons. The van der Waals surface area contributed by atoms with E-state index in [9.17, 15) is 8.42 Å². The highest BCUT2D eigenvalue weighted by atomic mass is 32.3. The normalized spacial score (nSPS) is 26.9. The van der Waals surface area contributed by atoms with Crippen LogP contribution < -0.4 is 0 Å². The lowest BCUT2D eigenvalue weighted by Crippen LogP contribution is -2.55. The molecule has 1 saturated carbocycles. The Balaban J connectivity index is 1.36. The summed E-state index contributed by atoms with van der Waals surface area (Å²) < 4.78 is 54.0. The Bertz CT molecular complexity index is 1190. The molecule has 2 fully saturated rings. The summed E-state index contributed by atoms with van der Waals surface area (Å²) >= 11 is 0. The number of hydrogen-bond donors (Lipinski definition) is 0. The third kappa shape index (κ3) is 6.39. The van der Waals surface area contributed by atoms with Crippen molar-refractivity contribution in [1.29, 1.82) is 0 Å². The molecule has 0 N–H and O–H groups in total. The maximum Gasteiger partial charge on any atom is 0.400 e. The second-order valence-corrected chi connectivity index (χ2v) is 10.3. The Hall–Kier alpha value is -2.59. The minimum atomic E-state index is -4.10. The van der Waals surface area contributed by atoms with Crippen LogP contribution in [0.2, 0.25) is 0 Å². The average Bonchev–Trinajstić information content (AvgIpc) is 3.21. The monoisotopic (exact) mass is 510 g/mol. The van der Waals surface area contributed by atoms with Crippen LogP contribution in [0.1, 0.15) is 23.1 Å². The van der Waals surface area contributed by atoms with E-state index in [4.69, 9.17) is 22.6 Å². The van der Waals surface area contributed by atoms with Gasteiger partial charge in [0, 0.05) is 5.92 Å². The van der Waals surface area contributed by atoms with Gasteiger partial charge >= 0.3 is 10.4 Å². The first-order valence-corrected chi connectivity index (χ1v) is 13.4. The highest BCUT2D eigenvalue weighted by Gasteiger charge is 2.54. The fourth-order valence-corrected chi connectivity index (χ4v) is 5.82. The van der Waals surface area contributed by atoms with Crippen molar-refractivity contribution in [3.8, 4) is 0 Å². The van der Waals surface area contributed by atoms with Crippen molar-refractivity contribution in [3.05, 3.63) is 108 Å². The summed E-state index contributed by atoms with van der Waals surface area (Å²) in [5, 5.41) is 0. The predicted octanol–water partition coefficient (Wildman–Crippen LogP) is 4.42. The molecule has 1 aliphatic heterocycles. The molecule has 5 rings (SSSR count). The van der Waals surface area contributed by atoms with E-state index in [2.05, 4.69) is 0 Å². The van der Waals surface area contributed by atoms with E-state index in [1.165, 1.54) is 0 Å². The van der Waals surface area contributed by atoms with Gasteiger partial charge in [-0.1, -0.05) is 91.0 Å². The van der Waals surface area contributed by atoms with Crippen LogP contribution in [0.5, 0.6) is 0 Å². The van der Waals surface area contributed by atoms with Crippen LogP contribution in [0.4, 0.5) is 0 Å². The van der Waals surface area contributed by atoms with Gasteiger partial charge in [-0.25, -0.2) is 8.37 Å². The van der Waals surface area contributed by atoms with Gasteiger partial charge in [0.05, 0.1) is 32.5 Å². The molecule has 0 bridgehead atoms. The molecule has 0 amide bonds. The first-order valence-electron chi connectivity index (χ1n) is 12.1. The Kier molecular flexibility index (Phi) is 8.11. The third-order valence-corrected chi connectivity index (χ3v) is 7.44. The van der Waals surface area contributed by atoms with Crippen LogP contribution >= 0.6 is 0 Å². The number of fused-ring (bicyclic) bond motifs is 1. The molecule has 2 aliphatic rings. The molecule has 8 heteroatoms. The van der Waals surface area contributed by atoms with E-state index >= 15 is 0 Å². The summed E-state index contributed by atoms with van der Waals surface area (Å²) in [4.78, 5) is 0. The quantitative estimate of drug-likeness (QED) is 0.399. The lowest BCUT2D eigenvalue weighted by Gasteiger charge is -2.41. The Morgan fingerprint density at radius 2 is 1.17 bits per heavy atom. The minimum Gasteiger partial charge on any atom is -0.376 e. The first kappa shape index (κ1) is 25.1. The number of benzene rings is 3. The zero-order valence-corrected chi connectivity index (χ0v) is 20.7. The van der Waals surface area contributed by atoms with Gasteiger partial charge in [0.2, 0.25) is 0 Å². The number of rotatable bonds is 10. The lowest BCUT2D eigenvalue weighted by molar-refractivity contribution is -0.183. The van der Waals surface area contributed by atoms with Gasteiger partial charge in [-0.2, -0.15) is 8.42 Å². The average molecular weight is 511 g/mol. The van der Waals surface area contributed by atoms with Crippen molar-refractivity contribution >= 4 is 10.4 Å². The van der Waals surface area contributed by atoms with Crippen LogP contribution in [0.15, 0.2) is 91.0 Å². The van der Waals surface area contributed by atoms with Crippen molar-refractivity contribution in [2.75, 3.05) is 6.61 Å². The maximum absolute atomic E-state index is 12.2. The fourth-order valence-electron chi connectivity index (χ4n) is 4.77. The standard InChI is InChI=1S/C28H30O7S/c29-36(30)34-25-16-24(20-31-17-21-10-4-1-5-11-21)26(32-18-22-12-6-2-7-13-22)28(27(25)35-36)33-19-23-14-8-3-9-15-23/h1-15,24-28H,16-20H2/t24-,25-,26-,27-,28+/m1/s1. The summed E-state index contributed by atoms with van der Waals surface area (Å²) in [5.41, 5.74) is 3.05. The molecule has 36 heavy (non-hydrogen) atoms. The molecule has 0 aromatic heterocycles. The van der Waals surface area contributed by atoms with Crippen molar-refractivity contribution in [2.24, 2.45) is 5.92 Å². The zero-order valence-electron chi connectivity index (χ0n) is 19.8. The zero-order chi connectivity index (χ0) is 24.8. The third-order valence-electron chi connectivity index (χ3n) is 6.50. The van der Waals surface area contributed by atoms with Crippen molar-refractivity contribution in [1.82, 2.24) is 0 Å². The van der Waals surface area contributed by atoms with E-state index in [1.54, 1.807) is 0 Å². The van der Waals surface area contributed by atoms with E-state index in [-0.39, 0.29) is 5.92 Å². The maximum atomic E-state index is 12.2. The molecule has 3 aromatic carbocycles. The second-order valence-electron chi connectivity index (χ2n) is 9.12. The Labute approximate surface area is 212 Å². The van der Waals surface area contributed by atoms with Gasteiger partial charge < -0.3 is 14.2 Å². The largest absolute Gasteiger partial charge is 0.400 e. The van der Waals surface area contributed by atoms with Gasteiger partial charge in [-0.15, -0.1) is 0 Å². The van der Waals surface area contributed by atoms with Crippen LogP contribution in [0, 0.1) is 5.92 Å². The second kappa shape index (κ2) is 11.6. The topological polar surface area (TPSA) is 80.3 Å². The first-order chi connectivity index (χ1) is 17.6. The highest BCUT2D eigenvalue weighted by molar-refractivity contribution is 7.82. The van der Waals surface area contributed by atoms with Gasteiger partial charge in [0.25, 0.3) is 0 Å². The fraction of sp³-hybridized carbons (Fsp3) is 0.357. The van der Waals surface area contributed by atoms with E-state index in [0.717, 1.165) is 16.7 Å².